The van der Waals surface area contributed by atoms with E-state index in [1.54, 1.807) is 0 Å². The van der Waals surface area contributed by atoms with Gasteiger partial charge in [0.1, 0.15) is 5.69 Å². The van der Waals surface area contributed by atoms with E-state index in [2.05, 4.69) is 20.4 Å². The minimum absolute atomic E-state index is 0.279. The molecule has 1 heterocycles. The van der Waals surface area contributed by atoms with Gasteiger partial charge in [-0.05, 0) is 12.0 Å². The van der Waals surface area contributed by atoms with Gasteiger partial charge in [0.2, 0.25) is 0 Å². The number of hydrogen-bond donors (Lipinski definition) is 0. The Morgan fingerprint density at radius 2 is 2.00 bits per heavy atom. The molecule has 0 saturated carbocycles. The van der Waals surface area contributed by atoms with E-state index in [1.165, 1.54) is 12.7 Å². The Kier molecular flexibility index (Phi) is 3.49. The van der Waals surface area contributed by atoms with Crippen molar-refractivity contribution < 1.29 is 9.53 Å². The van der Waals surface area contributed by atoms with Crippen LogP contribution in [0.1, 0.15) is 23.0 Å². The monoisotopic (exact) mass is 248 g/mol. The molecule has 2 rings (SSSR count). The fourth-order valence-electron chi connectivity index (χ4n) is 1.51. The molecule has 0 amide bonds. The highest BCUT2D eigenvalue weighted by Gasteiger charge is 2.18. The molecule has 0 unspecified atom stereocenters. The lowest BCUT2D eigenvalue weighted by Crippen LogP contribution is -2.03. The summed E-state index contributed by atoms with van der Waals surface area (Å²) in [5.41, 5.74) is 3.00. The maximum absolute atomic E-state index is 11.5. The molecule has 2 aromatic rings. The lowest BCUT2D eigenvalue weighted by molar-refractivity contribution is 0.0596. The quantitative estimate of drug-likeness (QED) is 0.783. The van der Waals surface area contributed by atoms with Gasteiger partial charge in [-0.2, -0.15) is 8.75 Å². The molecule has 0 radical (unpaired) electrons. The molecule has 0 spiro atoms. The molecule has 1 aromatic carbocycles. The Morgan fingerprint density at radius 3 is 2.59 bits per heavy atom. The smallest absolute Gasteiger partial charge is 0.360 e. The fraction of sp³-hybridized carbons (Fsp3) is 0.250. The number of rotatable bonds is 3. The molecule has 17 heavy (non-hydrogen) atoms. The van der Waals surface area contributed by atoms with Crippen LogP contribution >= 0.6 is 11.7 Å². The van der Waals surface area contributed by atoms with Crippen molar-refractivity contribution in [3.8, 4) is 11.3 Å². The number of ether oxygens (including phenoxy) is 1. The van der Waals surface area contributed by atoms with E-state index in [4.69, 9.17) is 0 Å². The van der Waals surface area contributed by atoms with Crippen LogP contribution in [-0.4, -0.2) is 21.8 Å². The van der Waals surface area contributed by atoms with Crippen LogP contribution in [0.5, 0.6) is 0 Å². The minimum atomic E-state index is -0.451. The van der Waals surface area contributed by atoms with Gasteiger partial charge in [0.25, 0.3) is 0 Å². The summed E-state index contributed by atoms with van der Waals surface area (Å²) >= 11 is 1.01. The van der Waals surface area contributed by atoms with E-state index in [1.807, 2.05) is 24.3 Å². The summed E-state index contributed by atoms with van der Waals surface area (Å²) < 4.78 is 12.8. The predicted octanol–water partition coefficient (Wildman–Crippen LogP) is 2.55. The number of aryl methyl sites for hydroxylation is 1. The largest absolute Gasteiger partial charge is 0.464 e. The molecule has 1 aromatic heterocycles. The van der Waals surface area contributed by atoms with Crippen molar-refractivity contribution in [3.05, 3.63) is 35.5 Å². The van der Waals surface area contributed by atoms with E-state index in [9.17, 15) is 4.79 Å². The third kappa shape index (κ3) is 2.34. The third-order valence-corrected chi connectivity index (χ3v) is 3.03. The Hall–Kier alpha value is -1.75. The zero-order chi connectivity index (χ0) is 12.3. The van der Waals surface area contributed by atoms with Crippen molar-refractivity contribution in [2.75, 3.05) is 7.11 Å². The first kappa shape index (κ1) is 11.7. The summed E-state index contributed by atoms with van der Waals surface area (Å²) in [5.74, 6) is -0.451. The Bertz CT molecular complexity index is 520. The Balaban J connectivity index is 2.39. The minimum Gasteiger partial charge on any atom is -0.464 e. The standard InChI is InChI=1S/C12H12N2O2S/c1-3-8-4-6-9(7-5-8)10-11(12(15)16-2)14-17-13-10/h4-7H,3H2,1-2H3. The molecule has 0 N–H and O–H groups in total. The number of benzene rings is 1. The highest BCUT2D eigenvalue weighted by atomic mass is 32.1. The molecule has 0 bridgehead atoms. The van der Waals surface area contributed by atoms with Crippen LogP contribution in [-0.2, 0) is 11.2 Å². The molecule has 0 fully saturated rings. The highest BCUT2D eigenvalue weighted by Crippen LogP contribution is 2.22. The van der Waals surface area contributed by atoms with Crippen LogP contribution < -0.4 is 0 Å². The Labute approximate surface area is 104 Å². The second-order valence-corrected chi connectivity index (χ2v) is 4.03. The number of carbonyl (C=O) groups is 1. The first-order valence-corrected chi connectivity index (χ1v) is 5.99. The molecular formula is C12H12N2O2S. The van der Waals surface area contributed by atoms with Gasteiger partial charge in [0.05, 0.1) is 18.8 Å². The van der Waals surface area contributed by atoms with Crippen molar-refractivity contribution >= 4 is 17.7 Å². The summed E-state index contributed by atoms with van der Waals surface area (Å²) in [7, 11) is 1.34. The van der Waals surface area contributed by atoms with Crippen LogP contribution in [0, 0.1) is 0 Å². The van der Waals surface area contributed by atoms with Crippen molar-refractivity contribution in [2.24, 2.45) is 0 Å². The second kappa shape index (κ2) is 5.05. The number of carbonyl (C=O) groups excluding carboxylic acids is 1. The van der Waals surface area contributed by atoms with Gasteiger partial charge in [-0.25, -0.2) is 4.79 Å². The van der Waals surface area contributed by atoms with E-state index < -0.39 is 5.97 Å². The summed E-state index contributed by atoms with van der Waals surface area (Å²) in [6.45, 7) is 2.10. The summed E-state index contributed by atoms with van der Waals surface area (Å²) in [5, 5.41) is 0. The second-order valence-electron chi connectivity index (χ2n) is 3.50. The first-order valence-electron chi connectivity index (χ1n) is 5.26. The number of hydrogen-bond acceptors (Lipinski definition) is 5. The van der Waals surface area contributed by atoms with Crippen molar-refractivity contribution in [1.82, 2.24) is 8.75 Å². The normalized spacial score (nSPS) is 10.2. The topological polar surface area (TPSA) is 52.1 Å². The maximum atomic E-state index is 11.5. The molecule has 0 saturated heterocycles. The van der Waals surface area contributed by atoms with Crippen molar-refractivity contribution in [3.63, 3.8) is 0 Å². The maximum Gasteiger partial charge on any atom is 0.360 e. The highest BCUT2D eigenvalue weighted by molar-refractivity contribution is 6.99. The number of esters is 1. The SMILES string of the molecule is CCc1ccc(-c2nsnc2C(=O)OC)cc1. The molecule has 5 heteroatoms. The Morgan fingerprint density at radius 1 is 1.29 bits per heavy atom. The van der Waals surface area contributed by atoms with Gasteiger partial charge in [0.15, 0.2) is 5.69 Å². The number of aromatic nitrogens is 2. The van der Waals surface area contributed by atoms with Gasteiger partial charge < -0.3 is 4.74 Å². The lowest BCUT2D eigenvalue weighted by atomic mass is 10.1. The van der Waals surface area contributed by atoms with Gasteiger partial charge in [0, 0.05) is 5.56 Å². The molecule has 0 atom stereocenters. The molecule has 0 aliphatic rings. The van der Waals surface area contributed by atoms with E-state index in [0.717, 1.165) is 23.7 Å². The third-order valence-electron chi connectivity index (χ3n) is 2.50. The van der Waals surface area contributed by atoms with Gasteiger partial charge in [-0.15, -0.1) is 0 Å². The first-order chi connectivity index (χ1) is 8.26. The summed E-state index contributed by atoms with van der Waals surface area (Å²) in [4.78, 5) is 11.5. The van der Waals surface area contributed by atoms with Crippen LogP contribution in [0.2, 0.25) is 0 Å². The summed E-state index contributed by atoms with van der Waals surface area (Å²) in [6, 6.07) is 7.94. The molecule has 88 valence electrons. The predicted molar refractivity (Wildman–Crippen MR) is 66.1 cm³/mol. The molecular weight excluding hydrogens is 236 g/mol. The van der Waals surface area contributed by atoms with Gasteiger partial charge in [-0.3, -0.25) is 0 Å². The average molecular weight is 248 g/mol. The number of nitrogens with zero attached hydrogens (tertiary/aromatic N) is 2. The lowest BCUT2D eigenvalue weighted by Gasteiger charge is -2.01. The van der Waals surface area contributed by atoms with E-state index >= 15 is 0 Å². The molecule has 0 aliphatic heterocycles. The van der Waals surface area contributed by atoms with E-state index in [-0.39, 0.29) is 5.69 Å². The van der Waals surface area contributed by atoms with Crippen LogP contribution in [0.4, 0.5) is 0 Å². The van der Waals surface area contributed by atoms with Crippen LogP contribution in [0.25, 0.3) is 11.3 Å². The van der Waals surface area contributed by atoms with Crippen LogP contribution in [0.3, 0.4) is 0 Å². The van der Waals surface area contributed by atoms with Gasteiger partial charge >= 0.3 is 5.97 Å². The summed E-state index contributed by atoms with van der Waals surface area (Å²) in [6.07, 6.45) is 0.986. The van der Waals surface area contributed by atoms with Crippen LogP contribution in [0.15, 0.2) is 24.3 Å². The zero-order valence-electron chi connectivity index (χ0n) is 9.64. The fourth-order valence-corrected chi connectivity index (χ4v) is 2.06. The molecule has 0 aliphatic carbocycles. The van der Waals surface area contributed by atoms with Gasteiger partial charge in [-0.1, -0.05) is 31.2 Å². The van der Waals surface area contributed by atoms with Crippen molar-refractivity contribution in [2.45, 2.75) is 13.3 Å². The zero-order valence-corrected chi connectivity index (χ0v) is 10.5. The van der Waals surface area contributed by atoms with E-state index in [0.29, 0.717) is 5.69 Å². The molecule has 4 nitrogen and oxygen atoms in total. The van der Waals surface area contributed by atoms with Crippen molar-refractivity contribution in [1.29, 1.82) is 0 Å². The average Bonchev–Trinajstić information content (AvgIpc) is 2.87. The number of methoxy groups -OCH3 is 1.